The molecule has 0 aliphatic carbocycles. The second kappa shape index (κ2) is 6.22. The van der Waals surface area contributed by atoms with Gasteiger partial charge in [-0.1, -0.05) is 19.0 Å². The molecule has 1 aromatic rings. The Morgan fingerprint density at radius 3 is 2.81 bits per heavy atom. The fraction of sp³-hybridized carbons (Fsp3) is 0.700. The third-order valence-corrected chi connectivity index (χ3v) is 2.15. The van der Waals surface area contributed by atoms with Crippen LogP contribution in [-0.2, 0) is 17.8 Å². The highest BCUT2D eigenvalue weighted by molar-refractivity contribution is 5.69. The first-order chi connectivity index (χ1) is 7.65. The van der Waals surface area contributed by atoms with Crippen LogP contribution < -0.4 is 0 Å². The van der Waals surface area contributed by atoms with Gasteiger partial charge in [-0.3, -0.25) is 9.69 Å². The number of nitrogens with zero attached hydrogens (tertiary/aromatic N) is 3. The van der Waals surface area contributed by atoms with Crippen LogP contribution in [0.4, 0.5) is 0 Å². The van der Waals surface area contributed by atoms with Crippen LogP contribution in [0.25, 0.3) is 0 Å². The topological polar surface area (TPSA) is 79.5 Å². The second-order valence-electron chi connectivity index (χ2n) is 3.55. The molecule has 0 bridgehead atoms. The molecule has 6 heteroatoms. The summed E-state index contributed by atoms with van der Waals surface area (Å²) in [7, 11) is 0. The molecule has 1 N–H and O–H groups in total. The summed E-state index contributed by atoms with van der Waals surface area (Å²) in [5, 5.41) is 12.5. The molecule has 0 radical (unpaired) electrons. The Hall–Kier alpha value is -1.43. The molecule has 0 unspecified atom stereocenters. The van der Waals surface area contributed by atoms with E-state index in [-0.39, 0.29) is 6.54 Å². The lowest BCUT2D eigenvalue weighted by Gasteiger charge is -2.14. The van der Waals surface area contributed by atoms with Gasteiger partial charge in [0.15, 0.2) is 5.82 Å². The number of likely N-dealkylation sites (N-methyl/N-ethyl adjacent to an activating group) is 1. The van der Waals surface area contributed by atoms with Crippen molar-refractivity contribution in [2.45, 2.75) is 33.2 Å². The normalized spacial score (nSPS) is 10.9. The summed E-state index contributed by atoms with van der Waals surface area (Å²) in [5.41, 5.74) is 0. The molecule has 0 saturated carbocycles. The zero-order valence-electron chi connectivity index (χ0n) is 9.64. The van der Waals surface area contributed by atoms with Crippen molar-refractivity contribution in [3.8, 4) is 0 Å². The van der Waals surface area contributed by atoms with E-state index in [2.05, 4.69) is 10.1 Å². The van der Waals surface area contributed by atoms with Gasteiger partial charge in [-0.25, -0.2) is 0 Å². The lowest BCUT2D eigenvalue weighted by molar-refractivity contribution is -0.138. The molecule has 0 aliphatic heterocycles. The number of rotatable bonds is 7. The van der Waals surface area contributed by atoms with E-state index in [1.54, 1.807) is 4.90 Å². The maximum absolute atomic E-state index is 10.6. The van der Waals surface area contributed by atoms with Crippen LogP contribution in [0.15, 0.2) is 4.52 Å². The van der Waals surface area contributed by atoms with Crippen molar-refractivity contribution < 1.29 is 14.4 Å². The minimum absolute atomic E-state index is 0.00580. The second-order valence-corrected chi connectivity index (χ2v) is 3.55. The summed E-state index contributed by atoms with van der Waals surface area (Å²) in [6.07, 6.45) is 1.71. The van der Waals surface area contributed by atoms with Gasteiger partial charge in [0.1, 0.15) is 0 Å². The van der Waals surface area contributed by atoms with E-state index in [1.807, 2.05) is 13.8 Å². The summed E-state index contributed by atoms with van der Waals surface area (Å²) in [5.74, 6) is 0.314. The average molecular weight is 227 g/mol. The van der Waals surface area contributed by atoms with Crippen LogP contribution >= 0.6 is 0 Å². The van der Waals surface area contributed by atoms with Crippen LogP contribution in [0.2, 0.25) is 0 Å². The summed E-state index contributed by atoms with van der Waals surface area (Å²) in [4.78, 5) is 16.5. The number of aryl methyl sites for hydroxylation is 1. The van der Waals surface area contributed by atoms with E-state index in [1.165, 1.54) is 0 Å². The lowest BCUT2D eigenvalue weighted by atomic mass is 10.3. The van der Waals surface area contributed by atoms with Crippen molar-refractivity contribution in [3.63, 3.8) is 0 Å². The van der Waals surface area contributed by atoms with Crippen LogP contribution in [0, 0.1) is 0 Å². The van der Waals surface area contributed by atoms with Gasteiger partial charge in [0.2, 0.25) is 5.89 Å². The summed E-state index contributed by atoms with van der Waals surface area (Å²) in [6.45, 7) is 4.98. The lowest BCUT2D eigenvalue weighted by Crippen LogP contribution is -2.29. The van der Waals surface area contributed by atoms with E-state index < -0.39 is 5.97 Å². The van der Waals surface area contributed by atoms with Gasteiger partial charge in [-0.05, 0) is 13.0 Å². The quantitative estimate of drug-likeness (QED) is 0.746. The monoisotopic (exact) mass is 227 g/mol. The molecule has 90 valence electrons. The highest BCUT2D eigenvalue weighted by atomic mass is 16.5. The number of carboxylic acid groups (broad SMARTS) is 1. The fourth-order valence-corrected chi connectivity index (χ4v) is 1.34. The molecule has 0 atom stereocenters. The van der Waals surface area contributed by atoms with Crippen LogP contribution in [0.1, 0.15) is 32.0 Å². The van der Waals surface area contributed by atoms with E-state index in [4.69, 9.17) is 9.63 Å². The van der Waals surface area contributed by atoms with Crippen molar-refractivity contribution >= 4 is 5.97 Å². The Morgan fingerprint density at radius 1 is 1.50 bits per heavy atom. The predicted molar refractivity (Wildman–Crippen MR) is 56.9 cm³/mol. The Morgan fingerprint density at radius 2 is 2.25 bits per heavy atom. The minimum Gasteiger partial charge on any atom is -0.480 e. The molecule has 6 nitrogen and oxygen atoms in total. The highest BCUT2D eigenvalue weighted by Crippen LogP contribution is 2.03. The average Bonchev–Trinajstić information content (AvgIpc) is 2.64. The van der Waals surface area contributed by atoms with Crippen molar-refractivity contribution in [1.29, 1.82) is 0 Å². The van der Waals surface area contributed by atoms with Crippen molar-refractivity contribution in [3.05, 3.63) is 11.7 Å². The van der Waals surface area contributed by atoms with Crippen molar-refractivity contribution in [1.82, 2.24) is 15.0 Å². The molecule has 1 aromatic heterocycles. The predicted octanol–water partition coefficient (Wildman–Crippen LogP) is 0.929. The number of hydrogen-bond donors (Lipinski definition) is 1. The van der Waals surface area contributed by atoms with Crippen LogP contribution in [0.5, 0.6) is 0 Å². The minimum atomic E-state index is -0.848. The molecule has 0 aliphatic rings. The zero-order valence-corrected chi connectivity index (χ0v) is 9.64. The standard InChI is InChI=1S/C10H17N3O3/c1-3-5-9-11-8(12-16-9)6-13(4-2)7-10(14)15/h3-7H2,1-2H3,(H,14,15). The van der Waals surface area contributed by atoms with Gasteiger partial charge >= 0.3 is 5.97 Å². The summed E-state index contributed by atoms with van der Waals surface area (Å²) in [6, 6.07) is 0. The van der Waals surface area contributed by atoms with Crippen molar-refractivity contribution in [2.75, 3.05) is 13.1 Å². The number of aliphatic carboxylic acids is 1. The Labute approximate surface area is 94.3 Å². The largest absolute Gasteiger partial charge is 0.480 e. The first kappa shape index (κ1) is 12.6. The summed E-state index contributed by atoms with van der Waals surface area (Å²) < 4.78 is 5.02. The maximum atomic E-state index is 10.6. The molecule has 1 rings (SSSR count). The SMILES string of the molecule is CCCc1nc(CN(CC)CC(=O)O)no1. The number of carboxylic acids is 1. The van der Waals surface area contributed by atoms with E-state index in [0.29, 0.717) is 24.8 Å². The highest BCUT2D eigenvalue weighted by Gasteiger charge is 2.12. The fourth-order valence-electron chi connectivity index (χ4n) is 1.34. The van der Waals surface area contributed by atoms with E-state index in [0.717, 1.165) is 12.8 Å². The molecule has 0 saturated heterocycles. The Balaban J connectivity index is 2.52. The zero-order chi connectivity index (χ0) is 12.0. The van der Waals surface area contributed by atoms with Crippen LogP contribution in [-0.4, -0.2) is 39.2 Å². The first-order valence-electron chi connectivity index (χ1n) is 5.41. The van der Waals surface area contributed by atoms with Gasteiger partial charge in [0.25, 0.3) is 0 Å². The van der Waals surface area contributed by atoms with Gasteiger partial charge < -0.3 is 9.63 Å². The number of carbonyl (C=O) groups is 1. The number of hydrogen-bond acceptors (Lipinski definition) is 5. The van der Waals surface area contributed by atoms with Gasteiger partial charge in [0, 0.05) is 6.42 Å². The Kier molecular flexibility index (Phi) is 4.91. The molecule has 0 spiro atoms. The molecule has 0 amide bonds. The van der Waals surface area contributed by atoms with Gasteiger partial charge in [0.05, 0.1) is 13.1 Å². The van der Waals surface area contributed by atoms with E-state index in [9.17, 15) is 4.79 Å². The van der Waals surface area contributed by atoms with Gasteiger partial charge in [-0.2, -0.15) is 4.98 Å². The van der Waals surface area contributed by atoms with Gasteiger partial charge in [-0.15, -0.1) is 0 Å². The smallest absolute Gasteiger partial charge is 0.317 e. The maximum Gasteiger partial charge on any atom is 0.317 e. The third-order valence-electron chi connectivity index (χ3n) is 2.15. The van der Waals surface area contributed by atoms with Crippen LogP contribution in [0.3, 0.4) is 0 Å². The van der Waals surface area contributed by atoms with Crippen molar-refractivity contribution in [2.24, 2.45) is 0 Å². The molecule has 1 heterocycles. The van der Waals surface area contributed by atoms with E-state index >= 15 is 0 Å². The molecular formula is C10H17N3O3. The summed E-state index contributed by atoms with van der Waals surface area (Å²) >= 11 is 0. The molecule has 16 heavy (non-hydrogen) atoms. The third kappa shape index (κ3) is 3.98. The molecular weight excluding hydrogens is 210 g/mol. The molecule has 0 fully saturated rings. The Bertz CT molecular complexity index is 338. The number of aromatic nitrogens is 2. The first-order valence-corrected chi connectivity index (χ1v) is 5.41. The molecule has 0 aromatic carbocycles.